The molecule has 136 valence electrons. The van der Waals surface area contributed by atoms with Crippen LogP contribution >= 0.6 is 0 Å². The summed E-state index contributed by atoms with van der Waals surface area (Å²) in [4.78, 5) is 25.2. The molecule has 8 nitrogen and oxygen atoms in total. The molecule has 2 fully saturated rings. The Hall–Kier alpha value is -2.32. The third-order valence-electron chi connectivity index (χ3n) is 4.69. The number of rotatable bonds is 6. The molecule has 1 heterocycles. The third kappa shape index (κ3) is 3.69. The minimum Gasteiger partial charge on any atom is -0.496 e. The van der Waals surface area contributed by atoms with Crippen molar-refractivity contribution in [3.8, 4) is 11.5 Å². The van der Waals surface area contributed by atoms with Crippen molar-refractivity contribution >= 4 is 11.8 Å². The molecule has 4 N–H and O–H groups in total. The molecule has 3 rings (SSSR count). The van der Waals surface area contributed by atoms with Crippen molar-refractivity contribution in [1.29, 1.82) is 0 Å². The standard InChI is InChI=1S/C17H24N4O4/c1-24-12-7-4-8-13(25-2)14(12)16(22)20-11-9-18-21-15(11)17(23)19-10-5-3-6-10/h4,7-8,10-11,15,18,21H,3,5-6,9H2,1-2H3,(H,19,23)(H,20,22). The van der Waals surface area contributed by atoms with Crippen LogP contribution in [0, 0.1) is 0 Å². The fraction of sp³-hybridized carbons (Fsp3) is 0.529. The zero-order valence-electron chi connectivity index (χ0n) is 14.4. The molecule has 8 heteroatoms. The van der Waals surface area contributed by atoms with E-state index < -0.39 is 6.04 Å². The monoisotopic (exact) mass is 348 g/mol. The van der Waals surface area contributed by atoms with Gasteiger partial charge >= 0.3 is 0 Å². The van der Waals surface area contributed by atoms with Gasteiger partial charge in [0.05, 0.1) is 20.3 Å². The molecular weight excluding hydrogens is 324 g/mol. The molecule has 1 aromatic rings. The Balaban J connectivity index is 1.70. The third-order valence-corrected chi connectivity index (χ3v) is 4.69. The number of ether oxygens (including phenoxy) is 2. The number of hydrogen-bond donors (Lipinski definition) is 4. The topological polar surface area (TPSA) is 101 Å². The van der Waals surface area contributed by atoms with E-state index >= 15 is 0 Å². The Morgan fingerprint density at radius 3 is 2.36 bits per heavy atom. The van der Waals surface area contributed by atoms with Crippen molar-refractivity contribution in [3.63, 3.8) is 0 Å². The molecule has 2 aliphatic rings. The summed E-state index contributed by atoms with van der Waals surface area (Å²) in [5.41, 5.74) is 6.19. The van der Waals surface area contributed by atoms with E-state index in [4.69, 9.17) is 9.47 Å². The van der Waals surface area contributed by atoms with Gasteiger partial charge in [0.15, 0.2) is 0 Å². The minimum absolute atomic E-state index is 0.105. The molecular formula is C17H24N4O4. The lowest BCUT2D eigenvalue weighted by molar-refractivity contribution is -0.124. The average Bonchev–Trinajstić information content (AvgIpc) is 3.05. The first-order valence-corrected chi connectivity index (χ1v) is 8.44. The summed E-state index contributed by atoms with van der Waals surface area (Å²) in [6, 6.07) is 4.50. The van der Waals surface area contributed by atoms with E-state index in [1.165, 1.54) is 14.2 Å². The zero-order chi connectivity index (χ0) is 17.8. The molecule has 2 unspecified atom stereocenters. The second-order valence-corrected chi connectivity index (χ2v) is 6.26. The normalized spacial score (nSPS) is 22.8. The first-order valence-electron chi connectivity index (χ1n) is 8.44. The summed E-state index contributed by atoms with van der Waals surface area (Å²) in [6.07, 6.45) is 3.18. The number of carbonyl (C=O) groups excluding carboxylic acids is 2. The summed E-state index contributed by atoms with van der Waals surface area (Å²) in [5, 5.41) is 5.90. The quantitative estimate of drug-likeness (QED) is 0.575. The van der Waals surface area contributed by atoms with Crippen LogP contribution in [0.3, 0.4) is 0 Å². The van der Waals surface area contributed by atoms with Crippen LogP contribution < -0.4 is 31.0 Å². The first-order chi connectivity index (χ1) is 12.1. The van der Waals surface area contributed by atoms with Crippen molar-refractivity contribution in [2.75, 3.05) is 20.8 Å². The van der Waals surface area contributed by atoms with E-state index in [0.717, 1.165) is 19.3 Å². The van der Waals surface area contributed by atoms with Crippen LogP contribution in [-0.2, 0) is 4.79 Å². The maximum atomic E-state index is 12.8. The molecule has 2 amide bonds. The smallest absolute Gasteiger partial charge is 0.259 e. The van der Waals surface area contributed by atoms with Gasteiger partial charge in [0.2, 0.25) is 5.91 Å². The number of carbonyl (C=O) groups is 2. The number of amides is 2. The minimum atomic E-state index is -0.523. The summed E-state index contributed by atoms with van der Waals surface area (Å²) in [5.74, 6) is 0.399. The Labute approximate surface area is 146 Å². The van der Waals surface area contributed by atoms with E-state index in [2.05, 4.69) is 21.5 Å². The van der Waals surface area contributed by atoms with Gasteiger partial charge in [-0.05, 0) is 31.4 Å². The summed E-state index contributed by atoms with van der Waals surface area (Å²) in [6.45, 7) is 0.450. The van der Waals surface area contributed by atoms with Crippen LogP contribution in [0.5, 0.6) is 11.5 Å². The van der Waals surface area contributed by atoms with Gasteiger partial charge in [0.1, 0.15) is 23.1 Å². The number of hydrazine groups is 1. The molecule has 0 spiro atoms. The van der Waals surface area contributed by atoms with Gasteiger partial charge in [-0.3, -0.25) is 15.0 Å². The zero-order valence-corrected chi connectivity index (χ0v) is 14.4. The maximum absolute atomic E-state index is 12.8. The van der Waals surface area contributed by atoms with Crippen molar-refractivity contribution in [2.45, 2.75) is 37.4 Å². The van der Waals surface area contributed by atoms with E-state index in [0.29, 0.717) is 23.6 Å². The summed E-state index contributed by atoms with van der Waals surface area (Å²) in [7, 11) is 3.00. The number of benzene rings is 1. The van der Waals surface area contributed by atoms with Crippen LogP contribution in [0.2, 0.25) is 0 Å². The lowest BCUT2D eigenvalue weighted by atomic mass is 9.92. The van der Waals surface area contributed by atoms with Crippen molar-refractivity contribution < 1.29 is 19.1 Å². The second kappa shape index (κ2) is 7.71. The Kier molecular flexibility index (Phi) is 5.40. The van der Waals surface area contributed by atoms with Gasteiger partial charge in [-0.1, -0.05) is 6.07 Å². The molecule has 1 saturated heterocycles. The fourth-order valence-electron chi connectivity index (χ4n) is 3.04. The molecule has 1 saturated carbocycles. The van der Waals surface area contributed by atoms with Crippen molar-refractivity contribution in [2.24, 2.45) is 0 Å². The van der Waals surface area contributed by atoms with E-state index in [9.17, 15) is 9.59 Å². The first kappa shape index (κ1) is 17.5. The van der Waals surface area contributed by atoms with Crippen molar-refractivity contribution in [1.82, 2.24) is 21.5 Å². The average molecular weight is 348 g/mol. The van der Waals surface area contributed by atoms with Gasteiger partial charge in [-0.2, -0.15) is 0 Å². The summed E-state index contributed by atoms with van der Waals surface area (Å²) >= 11 is 0. The fourth-order valence-corrected chi connectivity index (χ4v) is 3.04. The van der Waals surface area contributed by atoms with E-state index in [-0.39, 0.29) is 23.9 Å². The largest absolute Gasteiger partial charge is 0.496 e. The molecule has 0 bridgehead atoms. The van der Waals surface area contributed by atoms with Crippen LogP contribution in [-0.4, -0.2) is 50.7 Å². The molecule has 1 aliphatic carbocycles. The predicted molar refractivity (Wildman–Crippen MR) is 91.5 cm³/mol. The maximum Gasteiger partial charge on any atom is 0.259 e. The molecule has 0 aromatic heterocycles. The van der Waals surface area contributed by atoms with Gasteiger partial charge in [0.25, 0.3) is 5.91 Å². The van der Waals surface area contributed by atoms with Crippen molar-refractivity contribution in [3.05, 3.63) is 23.8 Å². The number of hydrogen-bond acceptors (Lipinski definition) is 6. The predicted octanol–water partition coefficient (Wildman–Crippen LogP) is -0.0527. The van der Waals surface area contributed by atoms with Crippen LogP contribution in [0.1, 0.15) is 29.6 Å². The SMILES string of the molecule is COc1cccc(OC)c1C(=O)NC1CNNC1C(=O)NC1CCC1. The lowest BCUT2D eigenvalue weighted by Crippen LogP contribution is -2.55. The summed E-state index contributed by atoms with van der Waals surface area (Å²) < 4.78 is 10.5. The van der Waals surface area contributed by atoms with Gasteiger partial charge in [0, 0.05) is 12.6 Å². The van der Waals surface area contributed by atoms with Crippen LogP contribution in [0.25, 0.3) is 0 Å². The molecule has 0 radical (unpaired) electrons. The van der Waals surface area contributed by atoms with Gasteiger partial charge < -0.3 is 20.1 Å². The van der Waals surface area contributed by atoms with Crippen LogP contribution in [0.15, 0.2) is 18.2 Å². The molecule has 1 aliphatic heterocycles. The highest BCUT2D eigenvalue weighted by atomic mass is 16.5. The number of methoxy groups -OCH3 is 2. The lowest BCUT2D eigenvalue weighted by Gasteiger charge is -2.29. The highest BCUT2D eigenvalue weighted by molar-refractivity contribution is 6.00. The highest BCUT2D eigenvalue weighted by Crippen LogP contribution is 2.28. The Bertz CT molecular complexity index is 625. The second-order valence-electron chi connectivity index (χ2n) is 6.26. The van der Waals surface area contributed by atoms with E-state index in [1.54, 1.807) is 18.2 Å². The molecule has 25 heavy (non-hydrogen) atoms. The van der Waals surface area contributed by atoms with Gasteiger partial charge in [-0.25, -0.2) is 5.43 Å². The van der Waals surface area contributed by atoms with Gasteiger partial charge in [-0.15, -0.1) is 0 Å². The molecule has 1 aromatic carbocycles. The van der Waals surface area contributed by atoms with Crippen LogP contribution in [0.4, 0.5) is 0 Å². The molecule has 2 atom stereocenters. The Morgan fingerprint density at radius 2 is 1.80 bits per heavy atom. The highest BCUT2D eigenvalue weighted by Gasteiger charge is 2.36. The Morgan fingerprint density at radius 1 is 1.12 bits per heavy atom. The van der Waals surface area contributed by atoms with E-state index in [1.807, 2.05) is 0 Å². The number of nitrogens with one attached hydrogen (secondary N) is 4.